The van der Waals surface area contributed by atoms with Crippen molar-refractivity contribution in [3.05, 3.63) is 59.2 Å². The first-order valence-corrected chi connectivity index (χ1v) is 8.17. The van der Waals surface area contributed by atoms with Crippen LogP contribution in [0.4, 0.5) is 0 Å². The van der Waals surface area contributed by atoms with Crippen molar-refractivity contribution in [2.45, 2.75) is 32.7 Å². The molecule has 25 heavy (non-hydrogen) atoms. The van der Waals surface area contributed by atoms with E-state index in [0.717, 1.165) is 27.8 Å². The van der Waals surface area contributed by atoms with Crippen LogP contribution in [0.2, 0.25) is 0 Å². The minimum atomic E-state index is -1.09. The molecule has 0 saturated heterocycles. The quantitative estimate of drug-likeness (QED) is 0.643. The molecule has 0 aliphatic rings. The van der Waals surface area contributed by atoms with Crippen molar-refractivity contribution < 1.29 is 19.1 Å². The Hall–Kier alpha value is -3.02. The molecule has 0 radical (unpaired) electrons. The fourth-order valence-electron chi connectivity index (χ4n) is 2.93. The van der Waals surface area contributed by atoms with E-state index in [9.17, 15) is 14.7 Å². The molecule has 0 spiro atoms. The van der Waals surface area contributed by atoms with Gasteiger partial charge in [0.1, 0.15) is 11.8 Å². The third-order valence-electron chi connectivity index (χ3n) is 4.27. The fraction of sp³-hybridized carbons (Fsp3) is 0.263. The second kappa shape index (κ2) is 6.84. The summed E-state index contributed by atoms with van der Waals surface area (Å²) in [4.78, 5) is 27.1. The average molecular weight is 340 g/mol. The number of aliphatic carboxylic acids is 1. The number of H-pyrrole nitrogens is 1. The number of carboxylic acid groups (broad SMARTS) is 1. The van der Waals surface area contributed by atoms with E-state index < -0.39 is 17.9 Å². The molecule has 1 amide bonds. The highest BCUT2D eigenvalue weighted by atomic mass is 16.4. The first-order valence-electron chi connectivity index (χ1n) is 8.17. The van der Waals surface area contributed by atoms with Crippen LogP contribution < -0.4 is 5.32 Å². The van der Waals surface area contributed by atoms with E-state index in [1.54, 1.807) is 12.3 Å². The highest BCUT2D eigenvalue weighted by Gasteiger charge is 2.24. The molecule has 0 aliphatic heterocycles. The molecule has 2 aromatic heterocycles. The van der Waals surface area contributed by atoms with Gasteiger partial charge in [-0.2, -0.15) is 0 Å². The summed E-state index contributed by atoms with van der Waals surface area (Å²) < 4.78 is 5.50. The van der Waals surface area contributed by atoms with Crippen molar-refractivity contribution in [2.24, 2.45) is 0 Å². The summed E-state index contributed by atoms with van der Waals surface area (Å²) in [5.41, 5.74) is 2.66. The van der Waals surface area contributed by atoms with Crippen molar-refractivity contribution in [1.29, 1.82) is 0 Å². The molecular formula is C19H20N2O4. The summed E-state index contributed by atoms with van der Waals surface area (Å²) in [5.74, 6) is -0.735. The molecule has 6 heteroatoms. The van der Waals surface area contributed by atoms with Gasteiger partial charge < -0.3 is 19.8 Å². The highest BCUT2D eigenvalue weighted by Crippen LogP contribution is 2.20. The van der Waals surface area contributed by atoms with Gasteiger partial charge in [0.15, 0.2) is 5.76 Å². The lowest BCUT2D eigenvalue weighted by Gasteiger charge is -2.13. The Morgan fingerprint density at radius 3 is 2.76 bits per heavy atom. The molecule has 3 N–H and O–H groups in total. The third kappa shape index (κ3) is 3.42. The summed E-state index contributed by atoms with van der Waals surface area (Å²) in [6, 6.07) is 8.24. The lowest BCUT2D eigenvalue weighted by atomic mass is 10.0. The minimum Gasteiger partial charge on any atom is -0.480 e. The molecule has 130 valence electrons. The normalized spacial score (nSPS) is 12.2. The number of furan rings is 1. The highest BCUT2D eigenvalue weighted by molar-refractivity contribution is 5.95. The minimum absolute atomic E-state index is 0.138. The zero-order valence-corrected chi connectivity index (χ0v) is 14.1. The number of amides is 1. The van der Waals surface area contributed by atoms with Gasteiger partial charge in [0.05, 0.1) is 0 Å². The standard InChI is InChI=1S/C19H20N2O4/c1-3-16-11(2)8-17(25-16)18(22)21-15(19(23)24)9-12-10-20-14-7-5-4-6-13(12)14/h4-8,10,15,20H,3,9H2,1-2H3,(H,21,22)(H,23,24). The van der Waals surface area contributed by atoms with Crippen LogP contribution in [-0.2, 0) is 17.6 Å². The summed E-state index contributed by atoms with van der Waals surface area (Å²) >= 11 is 0. The smallest absolute Gasteiger partial charge is 0.326 e. The van der Waals surface area contributed by atoms with E-state index in [0.29, 0.717) is 6.42 Å². The summed E-state index contributed by atoms with van der Waals surface area (Å²) in [6.07, 6.45) is 2.64. The second-order valence-electron chi connectivity index (χ2n) is 6.00. The van der Waals surface area contributed by atoms with Gasteiger partial charge >= 0.3 is 5.97 Å². The maximum absolute atomic E-state index is 12.4. The SMILES string of the molecule is CCc1oc(C(=O)NC(Cc2c[nH]c3ccccc23)C(=O)O)cc1C. The average Bonchev–Trinajstić information content (AvgIpc) is 3.17. The molecule has 2 heterocycles. The van der Waals surface area contributed by atoms with Crippen molar-refractivity contribution in [2.75, 3.05) is 0 Å². The van der Waals surface area contributed by atoms with Gasteiger partial charge in [-0.25, -0.2) is 4.79 Å². The summed E-state index contributed by atoms with van der Waals surface area (Å²) in [5, 5.41) is 13.0. The number of carbonyl (C=O) groups excluding carboxylic acids is 1. The number of carbonyl (C=O) groups is 2. The number of benzene rings is 1. The van der Waals surface area contributed by atoms with Crippen LogP contribution in [0.1, 0.15) is 34.4 Å². The van der Waals surface area contributed by atoms with Crippen molar-refractivity contribution in [1.82, 2.24) is 10.3 Å². The summed E-state index contributed by atoms with van der Waals surface area (Å²) in [7, 11) is 0. The first-order chi connectivity index (χ1) is 12.0. The topological polar surface area (TPSA) is 95.3 Å². The molecule has 6 nitrogen and oxygen atoms in total. The molecule has 1 unspecified atom stereocenters. The molecule has 0 aliphatic carbocycles. The predicted molar refractivity (Wildman–Crippen MR) is 93.7 cm³/mol. The van der Waals surface area contributed by atoms with Gasteiger partial charge in [0.2, 0.25) is 0 Å². The van der Waals surface area contributed by atoms with E-state index >= 15 is 0 Å². The lowest BCUT2D eigenvalue weighted by molar-refractivity contribution is -0.139. The molecule has 1 aromatic carbocycles. The van der Waals surface area contributed by atoms with Crippen LogP contribution in [0.5, 0.6) is 0 Å². The molecule has 1 atom stereocenters. The van der Waals surface area contributed by atoms with E-state index in [1.165, 1.54) is 0 Å². The van der Waals surface area contributed by atoms with Gasteiger partial charge in [-0.3, -0.25) is 4.79 Å². The maximum atomic E-state index is 12.4. The number of para-hydroxylation sites is 1. The molecule has 3 rings (SSSR count). The number of rotatable bonds is 6. The Labute approximate surface area is 144 Å². The van der Waals surface area contributed by atoms with Crippen LogP contribution in [0, 0.1) is 6.92 Å². The number of aromatic amines is 1. The van der Waals surface area contributed by atoms with E-state index in [4.69, 9.17) is 4.42 Å². The zero-order chi connectivity index (χ0) is 18.0. The van der Waals surface area contributed by atoms with E-state index in [1.807, 2.05) is 38.1 Å². The predicted octanol–water partition coefficient (Wildman–Crippen LogP) is 3.06. The molecule has 0 bridgehead atoms. The Kier molecular flexibility index (Phi) is 4.61. The monoisotopic (exact) mass is 340 g/mol. The van der Waals surface area contributed by atoms with Crippen LogP contribution in [0.15, 0.2) is 40.9 Å². The maximum Gasteiger partial charge on any atom is 0.326 e. The van der Waals surface area contributed by atoms with Crippen LogP contribution in [0.3, 0.4) is 0 Å². The number of nitrogens with one attached hydrogen (secondary N) is 2. The third-order valence-corrected chi connectivity index (χ3v) is 4.27. The number of aromatic nitrogens is 1. The van der Waals surface area contributed by atoms with Crippen molar-refractivity contribution >= 4 is 22.8 Å². The van der Waals surface area contributed by atoms with Gasteiger partial charge in [0, 0.05) is 29.9 Å². The number of hydrogen-bond acceptors (Lipinski definition) is 3. The number of aryl methyl sites for hydroxylation is 2. The molecule has 0 saturated carbocycles. The van der Waals surface area contributed by atoms with Gasteiger partial charge in [-0.15, -0.1) is 0 Å². The Bertz CT molecular complexity index is 923. The Morgan fingerprint density at radius 2 is 2.08 bits per heavy atom. The molecular weight excluding hydrogens is 320 g/mol. The second-order valence-corrected chi connectivity index (χ2v) is 6.00. The van der Waals surface area contributed by atoms with Gasteiger partial charge in [0.25, 0.3) is 5.91 Å². The molecule has 3 aromatic rings. The van der Waals surface area contributed by atoms with E-state index in [2.05, 4.69) is 10.3 Å². The van der Waals surface area contributed by atoms with Crippen LogP contribution >= 0.6 is 0 Å². The Balaban J connectivity index is 1.79. The largest absolute Gasteiger partial charge is 0.480 e. The Morgan fingerprint density at radius 1 is 1.32 bits per heavy atom. The molecule has 0 fully saturated rings. The number of hydrogen-bond donors (Lipinski definition) is 3. The summed E-state index contributed by atoms with van der Waals surface area (Å²) in [6.45, 7) is 3.80. The number of carboxylic acids is 1. The van der Waals surface area contributed by atoms with E-state index in [-0.39, 0.29) is 12.2 Å². The van der Waals surface area contributed by atoms with Crippen LogP contribution in [0.25, 0.3) is 10.9 Å². The zero-order valence-electron chi connectivity index (χ0n) is 14.1. The van der Waals surface area contributed by atoms with Gasteiger partial charge in [-0.1, -0.05) is 25.1 Å². The van der Waals surface area contributed by atoms with Crippen molar-refractivity contribution in [3.63, 3.8) is 0 Å². The van der Waals surface area contributed by atoms with Crippen molar-refractivity contribution in [3.8, 4) is 0 Å². The number of fused-ring (bicyclic) bond motifs is 1. The van der Waals surface area contributed by atoms with Crippen LogP contribution in [-0.4, -0.2) is 28.0 Å². The lowest BCUT2D eigenvalue weighted by Crippen LogP contribution is -2.42. The van der Waals surface area contributed by atoms with Gasteiger partial charge in [-0.05, 0) is 30.2 Å². The first kappa shape index (κ1) is 16.8. The fourth-order valence-corrected chi connectivity index (χ4v) is 2.93.